The molecule has 0 saturated heterocycles. The predicted molar refractivity (Wildman–Crippen MR) is 82.9 cm³/mol. The SMILES string of the molecule is NC(=O)c1cccc2c1OCC(c1cncc(CNC(=O)O)c1)O2. The van der Waals surface area contributed by atoms with Crippen molar-refractivity contribution in [3.8, 4) is 11.5 Å². The van der Waals surface area contributed by atoms with Crippen LogP contribution in [-0.4, -0.2) is 28.7 Å². The minimum atomic E-state index is -1.11. The molecular weight excluding hydrogens is 314 g/mol. The number of carbonyl (C=O) groups is 2. The molecule has 0 bridgehead atoms. The number of carboxylic acid groups (broad SMARTS) is 1. The summed E-state index contributed by atoms with van der Waals surface area (Å²) in [7, 11) is 0. The van der Waals surface area contributed by atoms with Crippen molar-refractivity contribution in [2.45, 2.75) is 12.6 Å². The van der Waals surface area contributed by atoms with Crippen LogP contribution >= 0.6 is 0 Å². The average Bonchev–Trinajstić information content (AvgIpc) is 2.59. The number of nitrogens with zero attached hydrogens (tertiary/aromatic N) is 1. The Hall–Kier alpha value is -3.29. The molecule has 1 atom stereocenters. The Kier molecular flexibility index (Phi) is 4.19. The maximum absolute atomic E-state index is 11.4. The molecule has 124 valence electrons. The summed E-state index contributed by atoms with van der Waals surface area (Å²) in [6.45, 7) is 0.334. The van der Waals surface area contributed by atoms with Gasteiger partial charge in [0, 0.05) is 24.5 Å². The van der Waals surface area contributed by atoms with E-state index in [2.05, 4.69) is 10.3 Å². The Morgan fingerprint density at radius 3 is 2.96 bits per heavy atom. The van der Waals surface area contributed by atoms with Gasteiger partial charge < -0.3 is 25.6 Å². The van der Waals surface area contributed by atoms with Gasteiger partial charge >= 0.3 is 6.09 Å². The average molecular weight is 329 g/mol. The summed E-state index contributed by atoms with van der Waals surface area (Å²) in [5.41, 5.74) is 7.04. The number of hydrogen-bond donors (Lipinski definition) is 3. The monoisotopic (exact) mass is 329 g/mol. The van der Waals surface area contributed by atoms with Crippen LogP contribution in [0.25, 0.3) is 0 Å². The summed E-state index contributed by atoms with van der Waals surface area (Å²) >= 11 is 0. The number of primary amides is 1. The highest BCUT2D eigenvalue weighted by Gasteiger charge is 2.26. The number of benzene rings is 1. The molecule has 2 aromatic rings. The molecule has 0 saturated carbocycles. The highest BCUT2D eigenvalue weighted by Crippen LogP contribution is 2.38. The first-order valence-electron chi connectivity index (χ1n) is 7.17. The third-order valence-electron chi connectivity index (χ3n) is 3.52. The number of nitrogens with one attached hydrogen (secondary N) is 1. The second-order valence-corrected chi connectivity index (χ2v) is 5.20. The van der Waals surface area contributed by atoms with Gasteiger partial charge in [0.2, 0.25) is 0 Å². The molecule has 1 aromatic carbocycles. The Morgan fingerprint density at radius 1 is 1.38 bits per heavy atom. The molecule has 1 aliphatic heterocycles. The van der Waals surface area contributed by atoms with Gasteiger partial charge in [0.1, 0.15) is 6.61 Å². The third-order valence-corrected chi connectivity index (χ3v) is 3.52. The van der Waals surface area contributed by atoms with Gasteiger partial charge in [-0.15, -0.1) is 0 Å². The predicted octanol–water partition coefficient (Wildman–Crippen LogP) is 1.46. The van der Waals surface area contributed by atoms with Crippen molar-refractivity contribution >= 4 is 12.0 Å². The summed E-state index contributed by atoms with van der Waals surface area (Å²) in [6.07, 6.45) is 1.67. The summed E-state index contributed by atoms with van der Waals surface area (Å²) in [6, 6.07) is 6.72. The van der Waals surface area contributed by atoms with E-state index in [1.807, 2.05) is 0 Å². The van der Waals surface area contributed by atoms with Crippen molar-refractivity contribution in [2.75, 3.05) is 6.61 Å². The fraction of sp³-hybridized carbons (Fsp3) is 0.188. The topological polar surface area (TPSA) is 124 Å². The molecule has 0 spiro atoms. The van der Waals surface area contributed by atoms with Gasteiger partial charge in [0.05, 0.1) is 5.56 Å². The molecule has 2 amide bonds. The summed E-state index contributed by atoms with van der Waals surface area (Å²) in [5, 5.41) is 10.9. The van der Waals surface area contributed by atoms with E-state index in [1.165, 1.54) is 0 Å². The van der Waals surface area contributed by atoms with E-state index in [-0.39, 0.29) is 18.7 Å². The van der Waals surface area contributed by atoms with Gasteiger partial charge in [-0.25, -0.2) is 4.79 Å². The van der Waals surface area contributed by atoms with Crippen molar-refractivity contribution in [2.24, 2.45) is 5.73 Å². The lowest BCUT2D eigenvalue weighted by Gasteiger charge is -2.27. The zero-order valence-electron chi connectivity index (χ0n) is 12.6. The number of pyridine rings is 1. The Labute approximate surface area is 137 Å². The van der Waals surface area contributed by atoms with Crippen molar-refractivity contribution in [1.29, 1.82) is 0 Å². The number of fused-ring (bicyclic) bond motifs is 1. The number of ether oxygens (including phenoxy) is 2. The van der Waals surface area contributed by atoms with Gasteiger partial charge in [-0.2, -0.15) is 0 Å². The lowest BCUT2D eigenvalue weighted by molar-refractivity contribution is 0.0861. The Morgan fingerprint density at radius 2 is 2.21 bits per heavy atom. The Bertz CT molecular complexity index is 793. The van der Waals surface area contributed by atoms with Crippen molar-refractivity contribution < 1.29 is 24.2 Å². The lowest BCUT2D eigenvalue weighted by atomic mass is 10.1. The molecule has 1 unspecified atom stereocenters. The molecule has 1 aliphatic rings. The first-order valence-corrected chi connectivity index (χ1v) is 7.17. The van der Waals surface area contributed by atoms with Crippen LogP contribution in [0.2, 0.25) is 0 Å². The number of para-hydroxylation sites is 1. The molecule has 1 aromatic heterocycles. The molecule has 3 rings (SSSR count). The van der Waals surface area contributed by atoms with Gasteiger partial charge in [0.25, 0.3) is 5.91 Å². The summed E-state index contributed by atoms with van der Waals surface area (Å²) in [4.78, 5) is 26.1. The number of nitrogens with two attached hydrogens (primary N) is 1. The van der Waals surface area contributed by atoms with Crippen LogP contribution in [0.3, 0.4) is 0 Å². The maximum atomic E-state index is 11.4. The normalized spacial score (nSPS) is 15.6. The van der Waals surface area contributed by atoms with Crippen LogP contribution in [0.15, 0.2) is 36.7 Å². The fourth-order valence-electron chi connectivity index (χ4n) is 2.42. The van der Waals surface area contributed by atoms with Crippen LogP contribution in [0.5, 0.6) is 11.5 Å². The minimum Gasteiger partial charge on any atom is -0.485 e. The zero-order valence-corrected chi connectivity index (χ0v) is 12.6. The molecule has 0 radical (unpaired) electrons. The zero-order chi connectivity index (χ0) is 17.1. The summed E-state index contributed by atoms with van der Waals surface area (Å²) in [5.74, 6) is 0.173. The van der Waals surface area contributed by atoms with E-state index in [1.54, 1.807) is 36.7 Å². The fourth-order valence-corrected chi connectivity index (χ4v) is 2.42. The minimum absolute atomic E-state index is 0.145. The van der Waals surface area contributed by atoms with Crippen LogP contribution in [0.1, 0.15) is 27.6 Å². The second kappa shape index (κ2) is 6.45. The van der Waals surface area contributed by atoms with Gasteiger partial charge in [-0.1, -0.05) is 6.07 Å². The molecule has 2 heterocycles. The quantitative estimate of drug-likeness (QED) is 0.780. The maximum Gasteiger partial charge on any atom is 0.404 e. The van der Waals surface area contributed by atoms with Gasteiger partial charge in [-0.3, -0.25) is 9.78 Å². The smallest absolute Gasteiger partial charge is 0.404 e. The first kappa shape index (κ1) is 15.6. The van der Waals surface area contributed by atoms with E-state index in [0.29, 0.717) is 17.1 Å². The van der Waals surface area contributed by atoms with E-state index in [9.17, 15) is 9.59 Å². The van der Waals surface area contributed by atoms with Crippen LogP contribution in [0.4, 0.5) is 4.79 Å². The van der Waals surface area contributed by atoms with Crippen molar-refractivity contribution in [3.05, 3.63) is 53.3 Å². The molecule has 8 heteroatoms. The largest absolute Gasteiger partial charge is 0.485 e. The third kappa shape index (κ3) is 3.22. The Balaban J connectivity index is 1.81. The van der Waals surface area contributed by atoms with Crippen LogP contribution < -0.4 is 20.5 Å². The number of aromatic nitrogens is 1. The van der Waals surface area contributed by atoms with Gasteiger partial charge in [0.15, 0.2) is 17.6 Å². The molecule has 0 aliphatic carbocycles. The number of carbonyl (C=O) groups excluding carboxylic acids is 1. The van der Waals surface area contributed by atoms with Gasteiger partial charge in [-0.05, 0) is 23.8 Å². The number of hydrogen-bond acceptors (Lipinski definition) is 5. The van der Waals surface area contributed by atoms with Crippen molar-refractivity contribution in [1.82, 2.24) is 10.3 Å². The van der Waals surface area contributed by atoms with E-state index >= 15 is 0 Å². The van der Waals surface area contributed by atoms with E-state index < -0.39 is 18.1 Å². The van der Waals surface area contributed by atoms with Crippen molar-refractivity contribution in [3.63, 3.8) is 0 Å². The standard InChI is InChI=1S/C16H15N3O5/c17-15(20)11-2-1-3-12-14(11)23-8-13(24-12)10-4-9(5-18-7-10)6-19-16(21)22/h1-5,7,13,19H,6,8H2,(H2,17,20)(H,21,22). The molecular formula is C16H15N3O5. The van der Waals surface area contributed by atoms with Crippen LogP contribution in [0, 0.1) is 0 Å². The molecule has 8 nitrogen and oxygen atoms in total. The summed E-state index contributed by atoms with van der Waals surface area (Å²) < 4.78 is 11.5. The lowest BCUT2D eigenvalue weighted by Crippen LogP contribution is -2.25. The molecule has 0 fully saturated rings. The number of rotatable bonds is 4. The molecule has 4 N–H and O–H groups in total. The first-order chi connectivity index (χ1) is 11.5. The molecule has 24 heavy (non-hydrogen) atoms. The van der Waals surface area contributed by atoms with E-state index in [4.69, 9.17) is 20.3 Å². The van der Waals surface area contributed by atoms with Crippen LogP contribution in [-0.2, 0) is 6.54 Å². The van der Waals surface area contributed by atoms with E-state index in [0.717, 1.165) is 5.56 Å². The second-order valence-electron chi connectivity index (χ2n) is 5.20. The highest BCUT2D eigenvalue weighted by atomic mass is 16.6. The highest BCUT2D eigenvalue weighted by molar-refractivity contribution is 5.96. The number of amides is 2.